The summed E-state index contributed by atoms with van der Waals surface area (Å²) in [5.74, 6) is 0.0377. The monoisotopic (exact) mass is 376 g/mol. The molecule has 0 aliphatic rings. The first kappa shape index (κ1) is 20.9. The normalized spacial score (nSPS) is 12.0. The molecule has 0 unspecified atom stereocenters. The fourth-order valence-corrected chi connectivity index (χ4v) is 3.53. The second-order valence-corrected chi connectivity index (χ2v) is 8.60. The molecule has 8 heteroatoms. The zero-order valence-electron chi connectivity index (χ0n) is 14.7. The molecule has 1 aromatic rings. The zero-order chi connectivity index (χ0) is 18.5. The molecule has 0 atom stereocenters. The minimum Gasteiger partial charge on any atom is -0.383 e. The number of rotatable bonds is 8. The molecule has 0 bridgehead atoms. The molecule has 1 aromatic carbocycles. The van der Waals surface area contributed by atoms with Crippen LogP contribution < -0.4 is 0 Å². The first-order valence-electron chi connectivity index (χ1n) is 7.61. The lowest BCUT2D eigenvalue weighted by Crippen LogP contribution is -2.36. The van der Waals surface area contributed by atoms with E-state index in [1.807, 2.05) is 13.8 Å². The highest BCUT2D eigenvalue weighted by Gasteiger charge is 2.24. The van der Waals surface area contributed by atoms with Gasteiger partial charge in [-0.05, 0) is 24.1 Å². The second kappa shape index (κ2) is 8.80. The van der Waals surface area contributed by atoms with Crippen LogP contribution in [0.4, 0.5) is 0 Å². The summed E-state index contributed by atoms with van der Waals surface area (Å²) < 4.78 is 30.8. The first-order valence-corrected chi connectivity index (χ1v) is 9.43. The van der Waals surface area contributed by atoms with E-state index in [0.29, 0.717) is 19.7 Å². The lowest BCUT2D eigenvalue weighted by molar-refractivity contribution is 0.0672. The van der Waals surface area contributed by atoms with E-state index >= 15 is 0 Å². The quantitative estimate of drug-likeness (QED) is 0.698. The molecule has 0 fully saturated rings. The molecule has 1 rings (SSSR count). The largest absolute Gasteiger partial charge is 0.383 e. The smallest absolute Gasteiger partial charge is 0.253 e. The third kappa shape index (κ3) is 5.17. The van der Waals surface area contributed by atoms with Crippen molar-refractivity contribution in [1.82, 2.24) is 9.21 Å². The van der Waals surface area contributed by atoms with E-state index in [0.717, 1.165) is 4.31 Å². The van der Waals surface area contributed by atoms with Crippen LogP contribution in [0.15, 0.2) is 23.1 Å². The highest BCUT2D eigenvalue weighted by Crippen LogP contribution is 2.25. The number of ether oxygens (including phenoxy) is 1. The van der Waals surface area contributed by atoms with Gasteiger partial charge in [0.25, 0.3) is 5.91 Å². The Bertz CT molecular complexity index is 675. The summed E-state index contributed by atoms with van der Waals surface area (Å²) in [6.45, 7) is 5.43. The number of amides is 1. The molecule has 0 saturated heterocycles. The maximum atomic E-state index is 12.8. The Morgan fingerprint density at radius 2 is 1.92 bits per heavy atom. The van der Waals surface area contributed by atoms with Gasteiger partial charge in [0.15, 0.2) is 0 Å². The van der Waals surface area contributed by atoms with E-state index < -0.39 is 10.0 Å². The Hall–Kier alpha value is -1.15. The standard InChI is InChI=1S/C16H25ClN2O4S/c1-12(2)11-19(8-9-23-5)16(20)13-6-7-14(17)15(10-13)24(21,22)18(3)4/h6-7,10,12H,8-9,11H2,1-5H3. The van der Waals surface area contributed by atoms with Crippen LogP contribution in [0, 0.1) is 5.92 Å². The third-order valence-corrected chi connectivity index (χ3v) is 5.67. The number of halogens is 1. The van der Waals surface area contributed by atoms with Crippen LogP contribution >= 0.6 is 11.6 Å². The minimum atomic E-state index is -3.72. The van der Waals surface area contributed by atoms with E-state index in [-0.39, 0.29) is 27.3 Å². The van der Waals surface area contributed by atoms with Gasteiger partial charge in [-0.2, -0.15) is 0 Å². The number of hydrogen-bond acceptors (Lipinski definition) is 4. The summed E-state index contributed by atoms with van der Waals surface area (Å²) in [5, 5.41) is 0.0903. The van der Waals surface area contributed by atoms with Gasteiger partial charge in [-0.1, -0.05) is 25.4 Å². The van der Waals surface area contributed by atoms with Crippen molar-refractivity contribution in [1.29, 1.82) is 0 Å². The van der Waals surface area contributed by atoms with E-state index in [1.165, 1.54) is 26.2 Å². The second-order valence-electron chi connectivity index (χ2n) is 6.07. The van der Waals surface area contributed by atoms with Crippen molar-refractivity contribution in [3.8, 4) is 0 Å². The number of benzene rings is 1. The lowest BCUT2D eigenvalue weighted by atomic mass is 10.1. The Kier molecular flexibility index (Phi) is 7.66. The molecule has 0 saturated carbocycles. The maximum Gasteiger partial charge on any atom is 0.253 e. The number of nitrogens with zero attached hydrogens (tertiary/aromatic N) is 2. The summed E-state index contributed by atoms with van der Waals surface area (Å²) in [6, 6.07) is 4.31. The Balaban J connectivity index is 3.22. The molecule has 1 amide bonds. The highest BCUT2D eigenvalue weighted by atomic mass is 35.5. The molecular formula is C16H25ClN2O4S. The molecule has 136 valence electrons. The van der Waals surface area contributed by atoms with E-state index in [1.54, 1.807) is 18.1 Å². The van der Waals surface area contributed by atoms with Crippen LogP contribution in [0.1, 0.15) is 24.2 Å². The Morgan fingerprint density at radius 3 is 2.42 bits per heavy atom. The van der Waals surface area contributed by atoms with Gasteiger partial charge in [0.2, 0.25) is 10.0 Å². The van der Waals surface area contributed by atoms with Crippen LogP contribution in [0.25, 0.3) is 0 Å². The van der Waals surface area contributed by atoms with Gasteiger partial charge in [0.1, 0.15) is 4.90 Å². The number of sulfonamides is 1. The van der Waals surface area contributed by atoms with Crippen molar-refractivity contribution in [3.05, 3.63) is 28.8 Å². The van der Waals surface area contributed by atoms with Crippen molar-refractivity contribution < 1.29 is 17.9 Å². The fourth-order valence-electron chi connectivity index (χ4n) is 2.13. The topological polar surface area (TPSA) is 66.9 Å². The fraction of sp³-hybridized carbons (Fsp3) is 0.562. The third-order valence-electron chi connectivity index (χ3n) is 3.37. The predicted molar refractivity (Wildman–Crippen MR) is 94.9 cm³/mol. The van der Waals surface area contributed by atoms with Crippen LogP contribution in [-0.2, 0) is 14.8 Å². The summed E-state index contributed by atoms with van der Waals surface area (Å²) in [4.78, 5) is 14.3. The number of hydrogen-bond donors (Lipinski definition) is 0. The molecule has 0 radical (unpaired) electrons. The van der Waals surface area contributed by atoms with Gasteiger partial charge in [0, 0.05) is 39.9 Å². The summed E-state index contributed by atoms with van der Waals surface area (Å²) >= 11 is 6.03. The van der Waals surface area contributed by atoms with Crippen LogP contribution in [0.5, 0.6) is 0 Å². The summed E-state index contributed by atoms with van der Waals surface area (Å²) in [5.41, 5.74) is 0.288. The average Bonchev–Trinajstić information content (AvgIpc) is 2.50. The molecule has 0 heterocycles. The van der Waals surface area contributed by atoms with E-state index in [9.17, 15) is 13.2 Å². The molecular weight excluding hydrogens is 352 g/mol. The van der Waals surface area contributed by atoms with Gasteiger partial charge in [0.05, 0.1) is 11.6 Å². The van der Waals surface area contributed by atoms with E-state index in [2.05, 4.69) is 0 Å². The molecule has 0 aliphatic carbocycles. The molecule has 0 aliphatic heterocycles. The first-order chi connectivity index (χ1) is 11.1. The molecule has 0 spiro atoms. The Morgan fingerprint density at radius 1 is 1.29 bits per heavy atom. The number of methoxy groups -OCH3 is 1. The van der Waals surface area contributed by atoms with Gasteiger partial charge < -0.3 is 9.64 Å². The predicted octanol–water partition coefficient (Wildman–Crippen LogP) is 2.33. The van der Waals surface area contributed by atoms with Crippen LogP contribution in [0.2, 0.25) is 5.02 Å². The molecule has 6 nitrogen and oxygen atoms in total. The summed E-state index contributed by atoms with van der Waals surface area (Å²) in [7, 11) is 0.689. The van der Waals surface area contributed by atoms with Gasteiger partial charge >= 0.3 is 0 Å². The zero-order valence-corrected chi connectivity index (χ0v) is 16.3. The van der Waals surface area contributed by atoms with Crippen molar-refractivity contribution in [2.24, 2.45) is 5.92 Å². The van der Waals surface area contributed by atoms with Crippen molar-refractivity contribution in [2.45, 2.75) is 18.7 Å². The van der Waals surface area contributed by atoms with Gasteiger partial charge in [-0.25, -0.2) is 12.7 Å². The van der Waals surface area contributed by atoms with Gasteiger partial charge in [-0.15, -0.1) is 0 Å². The maximum absolute atomic E-state index is 12.8. The van der Waals surface area contributed by atoms with Crippen molar-refractivity contribution >= 4 is 27.5 Å². The highest BCUT2D eigenvalue weighted by molar-refractivity contribution is 7.89. The van der Waals surface area contributed by atoms with Crippen molar-refractivity contribution in [2.75, 3.05) is 40.9 Å². The van der Waals surface area contributed by atoms with Crippen LogP contribution in [0.3, 0.4) is 0 Å². The Labute approximate surface area is 149 Å². The molecule has 0 N–H and O–H groups in total. The molecule has 24 heavy (non-hydrogen) atoms. The van der Waals surface area contributed by atoms with Gasteiger partial charge in [-0.3, -0.25) is 4.79 Å². The number of carbonyl (C=O) groups is 1. The summed E-state index contributed by atoms with van der Waals surface area (Å²) in [6.07, 6.45) is 0. The van der Waals surface area contributed by atoms with E-state index in [4.69, 9.17) is 16.3 Å². The average molecular weight is 377 g/mol. The number of carbonyl (C=O) groups excluding carboxylic acids is 1. The SMILES string of the molecule is COCCN(CC(C)C)C(=O)c1ccc(Cl)c(S(=O)(=O)N(C)C)c1. The minimum absolute atomic E-state index is 0.0729. The lowest BCUT2D eigenvalue weighted by Gasteiger charge is -2.25. The van der Waals surface area contributed by atoms with Crippen LogP contribution in [-0.4, -0.2) is 64.4 Å². The van der Waals surface area contributed by atoms with Crippen molar-refractivity contribution in [3.63, 3.8) is 0 Å². The molecule has 0 aromatic heterocycles.